The van der Waals surface area contributed by atoms with Gasteiger partial charge in [-0.1, -0.05) is 29.3 Å². The second kappa shape index (κ2) is 10.6. The molecule has 3 rings (SSSR count). The second-order valence-corrected chi connectivity index (χ2v) is 8.59. The number of hydrogen-bond acceptors (Lipinski definition) is 4. The molecule has 2 N–H and O–H groups in total. The number of likely N-dealkylation sites (tertiary alicyclic amines) is 1. The van der Waals surface area contributed by atoms with E-state index in [-0.39, 0.29) is 0 Å². The molecule has 1 aromatic heterocycles. The van der Waals surface area contributed by atoms with Crippen LogP contribution in [0.4, 0.5) is 0 Å². The third kappa shape index (κ3) is 6.59. The smallest absolute Gasteiger partial charge is 0.208 e. The van der Waals surface area contributed by atoms with Gasteiger partial charge in [0.2, 0.25) is 5.89 Å². The number of nitrogens with zero attached hydrogens (tertiary/aromatic N) is 3. The molecule has 0 unspecified atom stereocenters. The number of hydrogen-bond donors (Lipinski definition) is 2. The van der Waals surface area contributed by atoms with E-state index in [1.165, 1.54) is 29.5 Å². The van der Waals surface area contributed by atoms with Crippen LogP contribution in [0.5, 0.6) is 0 Å². The number of aryl methyl sites for hydroxylation is 4. The van der Waals surface area contributed by atoms with Crippen LogP contribution in [0, 0.1) is 33.6 Å². The van der Waals surface area contributed by atoms with Gasteiger partial charge in [-0.25, -0.2) is 4.98 Å². The molecule has 0 radical (unpaired) electrons. The molecule has 0 bridgehead atoms. The van der Waals surface area contributed by atoms with E-state index in [9.17, 15) is 0 Å². The molecule has 6 nitrogen and oxygen atoms in total. The average Bonchev–Trinajstić information content (AvgIpc) is 3.02. The summed E-state index contributed by atoms with van der Waals surface area (Å²) in [4.78, 5) is 11.3. The summed E-state index contributed by atoms with van der Waals surface area (Å²) in [5.41, 5.74) is 5.03. The monoisotopic (exact) mass is 411 g/mol. The first-order valence-corrected chi connectivity index (χ1v) is 11.1. The third-order valence-corrected chi connectivity index (χ3v) is 5.91. The molecule has 164 valence electrons. The number of aliphatic imine (C=N–C) groups is 1. The molecule has 2 heterocycles. The summed E-state index contributed by atoms with van der Waals surface area (Å²) in [7, 11) is 1.84. The molecule has 0 spiro atoms. The molecule has 30 heavy (non-hydrogen) atoms. The largest absolute Gasteiger partial charge is 0.444 e. The van der Waals surface area contributed by atoms with E-state index in [1.807, 2.05) is 20.9 Å². The van der Waals surface area contributed by atoms with Crippen molar-refractivity contribution in [1.82, 2.24) is 20.5 Å². The van der Waals surface area contributed by atoms with Gasteiger partial charge in [-0.15, -0.1) is 0 Å². The molecular formula is C24H37N5O. The van der Waals surface area contributed by atoms with Crippen LogP contribution in [-0.2, 0) is 13.0 Å². The molecule has 0 aliphatic carbocycles. The maximum absolute atomic E-state index is 5.73. The first kappa shape index (κ1) is 22.3. The summed E-state index contributed by atoms with van der Waals surface area (Å²) in [6, 6.07) is 6.75. The molecule has 6 heteroatoms. The van der Waals surface area contributed by atoms with E-state index in [0.717, 1.165) is 62.4 Å². The predicted molar refractivity (Wildman–Crippen MR) is 123 cm³/mol. The average molecular weight is 412 g/mol. The summed E-state index contributed by atoms with van der Waals surface area (Å²) in [5, 5.41) is 6.97. The Balaban J connectivity index is 1.35. The van der Waals surface area contributed by atoms with Crippen molar-refractivity contribution < 1.29 is 4.42 Å². The third-order valence-electron chi connectivity index (χ3n) is 5.91. The lowest BCUT2D eigenvalue weighted by Crippen LogP contribution is -2.43. The fourth-order valence-electron chi connectivity index (χ4n) is 4.15. The Morgan fingerprint density at radius 2 is 1.80 bits per heavy atom. The lowest BCUT2D eigenvalue weighted by Gasteiger charge is -2.31. The van der Waals surface area contributed by atoms with E-state index in [1.54, 1.807) is 0 Å². The van der Waals surface area contributed by atoms with Crippen LogP contribution in [0.15, 0.2) is 27.6 Å². The zero-order valence-corrected chi connectivity index (χ0v) is 19.2. The lowest BCUT2D eigenvalue weighted by atomic mass is 9.97. The predicted octanol–water partition coefficient (Wildman–Crippen LogP) is 3.53. The zero-order valence-electron chi connectivity index (χ0n) is 19.2. The Labute approximate surface area is 181 Å². The lowest BCUT2D eigenvalue weighted by molar-refractivity contribution is 0.164. The maximum atomic E-state index is 5.73. The van der Waals surface area contributed by atoms with Gasteiger partial charge in [-0.05, 0) is 71.5 Å². The Hall–Kier alpha value is -2.34. The van der Waals surface area contributed by atoms with Gasteiger partial charge >= 0.3 is 0 Å². The molecule has 1 fully saturated rings. The van der Waals surface area contributed by atoms with Crippen molar-refractivity contribution >= 4 is 5.96 Å². The molecule has 1 saturated heterocycles. The number of benzene rings is 1. The fraction of sp³-hybridized carbons (Fsp3) is 0.583. The van der Waals surface area contributed by atoms with Crippen LogP contribution in [0.3, 0.4) is 0 Å². The minimum Gasteiger partial charge on any atom is -0.444 e. The number of oxazole rings is 1. The normalized spacial score (nSPS) is 16.1. The number of nitrogens with one attached hydrogen (secondary N) is 2. The Kier molecular flexibility index (Phi) is 7.91. The molecule has 0 atom stereocenters. The summed E-state index contributed by atoms with van der Waals surface area (Å²) < 4.78 is 5.73. The molecular weight excluding hydrogens is 374 g/mol. The first-order valence-electron chi connectivity index (χ1n) is 11.1. The minimum atomic E-state index is 0.673. The van der Waals surface area contributed by atoms with Gasteiger partial charge in [0.15, 0.2) is 5.96 Å². The van der Waals surface area contributed by atoms with E-state index >= 15 is 0 Å². The summed E-state index contributed by atoms with van der Waals surface area (Å²) >= 11 is 0. The highest BCUT2D eigenvalue weighted by molar-refractivity contribution is 5.79. The van der Waals surface area contributed by atoms with E-state index < -0.39 is 0 Å². The Bertz CT molecular complexity index is 810. The van der Waals surface area contributed by atoms with Crippen molar-refractivity contribution in [3.8, 4) is 0 Å². The van der Waals surface area contributed by atoms with E-state index in [4.69, 9.17) is 4.42 Å². The first-order chi connectivity index (χ1) is 14.4. The van der Waals surface area contributed by atoms with Crippen molar-refractivity contribution in [3.05, 3.63) is 52.2 Å². The van der Waals surface area contributed by atoms with Gasteiger partial charge < -0.3 is 15.1 Å². The van der Waals surface area contributed by atoms with Crippen molar-refractivity contribution in [3.63, 3.8) is 0 Å². The van der Waals surface area contributed by atoms with Crippen molar-refractivity contribution in [1.29, 1.82) is 0 Å². The summed E-state index contributed by atoms with van der Waals surface area (Å²) in [6.45, 7) is 13.1. The Morgan fingerprint density at radius 1 is 1.10 bits per heavy atom. The molecule has 2 aromatic rings. The highest BCUT2D eigenvalue weighted by atomic mass is 16.4. The summed E-state index contributed by atoms with van der Waals surface area (Å²) in [6.07, 6.45) is 3.37. The van der Waals surface area contributed by atoms with Crippen LogP contribution in [0.25, 0.3) is 0 Å². The van der Waals surface area contributed by atoms with Crippen LogP contribution in [0.1, 0.15) is 46.9 Å². The number of piperidine rings is 1. The SMILES string of the molecule is CN=C(NCCc1cc(C)cc(C)c1)NCC1CCN(Cc2nc(C)c(C)o2)CC1. The molecule has 1 aromatic carbocycles. The summed E-state index contributed by atoms with van der Waals surface area (Å²) in [5.74, 6) is 3.34. The van der Waals surface area contributed by atoms with Gasteiger partial charge in [0.05, 0.1) is 12.2 Å². The van der Waals surface area contributed by atoms with Gasteiger partial charge in [0, 0.05) is 20.1 Å². The minimum absolute atomic E-state index is 0.673. The van der Waals surface area contributed by atoms with Crippen molar-refractivity contribution in [2.75, 3.05) is 33.2 Å². The van der Waals surface area contributed by atoms with E-state index in [2.05, 4.69) is 57.6 Å². The topological polar surface area (TPSA) is 65.7 Å². The number of rotatable bonds is 7. The van der Waals surface area contributed by atoms with Crippen LogP contribution >= 0.6 is 0 Å². The van der Waals surface area contributed by atoms with E-state index in [0.29, 0.717) is 5.92 Å². The quantitative estimate of drug-likeness (QED) is 0.539. The molecule has 1 aliphatic heterocycles. The highest BCUT2D eigenvalue weighted by Gasteiger charge is 2.21. The Morgan fingerprint density at radius 3 is 2.40 bits per heavy atom. The maximum Gasteiger partial charge on any atom is 0.208 e. The molecule has 0 saturated carbocycles. The fourth-order valence-corrected chi connectivity index (χ4v) is 4.15. The van der Waals surface area contributed by atoms with Crippen molar-refractivity contribution in [2.45, 2.75) is 53.5 Å². The highest BCUT2D eigenvalue weighted by Crippen LogP contribution is 2.19. The number of guanidine groups is 1. The molecule has 0 amide bonds. The van der Waals surface area contributed by atoms with Crippen LogP contribution in [0.2, 0.25) is 0 Å². The van der Waals surface area contributed by atoms with Gasteiger partial charge in [-0.3, -0.25) is 9.89 Å². The number of aromatic nitrogens is 1. The van der Waals surface area contributed by atoms with Crippen LogP contribution < -0.4 is 10.6 Å². The van der Waals surface area contributed by atoms with Gasteiger partial charge in [0.25, 0.3) is 0 Å². The standard InChI is InChI=1S/C24H37N5O/c1-17-12-18(2)14-22(13-17)6-9-26-24(25-5)27-15-21-7-10-29(11-8-21)16-23-28-19(3)20(4)30-23/h12-14,21H,6-11,15-16H2,1-5H3,(H2,25,26,27). The van der Waals surface area contributed by atoms with Crippen molar-refractivity contribution in [2.24, 2.45) is 10.9 Å². The zero-order chi connectivity index (χ0) is 21.5. The van der Waals surface area contributed by atoms with Gasteiger partial charge in [-0.2, -0.15) is 0 Å². The molecule has 1 aliphatic rings. The second-order valence-electron chi connectivity index (χ2n) is 8.59. The van der Waals surface area contributed by atoms with Gasteiger partial charge in [0.1, 0.15) is 5.76 Å². The van der Waals surface area contributed by atoms with Crippen LogP contribution in [-0.4, -0.2) is 49.1 Å².